The summed E-state index contributed by atoms with van der Waals surface area (Å²) in [5.74, 6) is 0.0463. The van der Waals surface area contributed by atoms with Crippen LogP contribution in [0.25, 0.3) is 0 Å². The summed E-state index contributed by atoms with van der Waals surface area (Å²) in [6.07, 6.45) is 1.79. The van der Waals surface area contributed by atoms with Crippen LogP contribution in [-0.2, 0) is 11.2 Å². The number of hydrazone groups is 1. The molecular weight excluding hydrogens is 468 g/mol. The van der Waals surface area contributed by atoms with Gasteiger partial charge in [0.05, 0.1) is 24.8 Å². The highest BCUT2D eigenvalue weighted by molar-refractivity contribution is 9.10. The second-order valence-corrected chi connectivity index (χ2v) is 8.03. The first kappa shape index (κ1) is 21.7. The second kappa shape index (κ2) is 10.7. The van der Waals surface area contributed by atoms with Gasteiger partial charge in [-0.25, -0.2) is 10.2 Å². The molecule has 1 heterocycles. The summed E-state index contributed by atoms with van der Waals surface area (Å²) in [6, 6.07) is 15.7. The Bertz CT molecular complexity index is 1030. The van der Waals surface area contributed by atoms with Crippen molar-refractivity contribution in [2.45, 2.75) is 13.3 Å². The van der Waals surface area contributed by atoms with Gasteiger partial charge < -0.3 is 9.47 Å². The van der Waals surface area contributed by atoms with Crippen molar-refractivity contribution >= 4 is 45.4 Å². The largest absolute Gasteiger partial charge is 0.490 e. The fourth-order valence-electron chi connectivity index (χ4n) is 2.49. The molecule has 3 aromatic rings. The lowest BCUT2D eigenvalue weighted by Gasteiger charge is -2.11. The predicted octanol–water partition coefficient (Wildman–Crippen LogP) is 4.82. The van der Waals surface area contributed by atoms with E-state index >= 15 is 0 Å². The van der Waals surface area contributed by atoms with E-state index in [4.69, 9.17) is 9.47 Å². The molecule has 30 heavy (non-hydrogen) atoms. The van der Waals surface area contributed by atoms with Crippen LogP contribution < -0.4 is 14.9 Å². The minimum atomic E-state index is -0.481. The fourth-order valence-corrected chi connectivity index (χ4v) is 3.46. The van der Waals surface area contributed by atoms with Crippen molar-refractivity contribution in [2.75, 3.05) is 6.61 Å². The lowest BCUT2D eigenvalue weighted by atomic mass is 10.2. The van der Waals surface area contributed by atoms with Crippen LogP contribution in [0.3, 0.4) is 0 Å². The molecule has 1 aromatic heterocycles. The van der Waals surface area contributed by atoms with Crippen LogP contribution in [-0.4, -0.2) is 24.7 Å². The zero-order chi connectivity index (χ0) is 21.3. The van der Waals surface area contributed by atoms with Crippen molar-refractivity contribution < 1.29 is 19.1 Å². The molecule has 0 saturated carbocycles. The summed E-state index contributed by atoms with van der Waals surface area (Å²) >= 11 is 4.86. The van der Waals surface area contributed by atoms with Crippen LogP contribution in [0.15, 0.2) is 69.6 Å². The Kier molecular flexibility index (Phi) is 7.75. The molecule has 6 nitrogen and oxygen atoms in total. The van der Waals surface area contributed by atoms with Gasteiger partial charge in [-0.05, 0) is 66.4 Å². The van der Waals surface area contributed by atoms with Gasteiger partial charge >= 0.3 is 5.97 Å². The number of hydrogen-bond acceptors (Lipinski definition) is 6. The Morgan fingerprint density at radius 2 is 1.93 bits per heavy atom. The number of nitrogens with zero attached hydrogens (tertiary/aromatic N) is 1. The molecule has 0 aliphatic rings. The van der Waals surface area contributed by atoms with Gasteiger partial charge in [0.1, 0.15) is 0 Å². The zero-order valence-electron chi connectivity index (χ0n) is 16.1. The van der Waals surface area contributed by atoms with E-state index in [2.05, 4.69) is 26.5 Å². The van der Waals surface area contributed by atoms with E-state index < -0.39 is 5.97 Å². The molecule has 0 aliphatic heterocycles. The highest BCUT2D eigenvalue weighted by Crippen LogP contribution is 2.29. The minimum Gasteiger partial charge on any atom is -0.490 e. The van der Waals surface area contributed by atoms with E-state index in [0.29, 0.717) is 29.2 Å². The molecule has 1 amide bonds. The molecule has 0 spiro atoms. The number of rotatable bonds is 8. The molecule has 0 fully saturated rings. The highest BCUT2D eigenvalue weighted by atomic mass is 79.9. The van der Waals surface area contributed by atoms with Crippen LogP contribution in [0.1, 0.15) is 27.7 Å². The Hall–Kier alpha value is -2.97. The maximum absolute atomic E-state index is 12.4. The van der Waals surface area contributed by atoms with E-state index in [9.17, 15) is 9.59 Å². The molecule has 3 rings (SSSR count). The van der Waals surface area contributed by atoms with E-state index in [0.717, 1.165) is 9.35 Å². The van der Waals surface area contributed by atoms with Crippen molar-refractivity contribution in [3.05, 3.63) is 80.5 Å². The molecule has 1 N–H and O–H groups in total. The number of halogens is 1. The average molecular weight is 487 g/mol. The van der Waals surface area contributed by atoms with Crippen LogP contribution in [0.2, 0.25) is 0 Å². The van der Waals surface area contributed by atoms with E-state index in [-0.39, 0.29) is 12.3 Å². The zero-order valence-corrected chi connectivity index (χ0v) is 18.5. The maximum Gasteiger partial charge on any atom is 0.343 e. The summed E-state index contributed by atoms with van der Waals surface area (Å²) in [4.78, 5) is 25.2. The van der Waals surface area contributed by atoms with Gasteiger partial charge in [-0.15, -0.1) is 11.3 Å². The molecule has 154 valence electrons. The Morgan fingerprint density at radius 1 is 1.13 bits per heavy atom. The van der Waals surface area contributed by atoms with Gasteiger partial charge in [0.2, 0.25) is 5.91 Å². The molecule has 0 bridgehead atoms. The number of amides is 1. The number of carbonyl (C=O) groups is 2. The fraction of sp³-hybridized carbons (Fsp3) is 0.136. The van der Waals surface area contributed by atoms with E-state index in [1.807, 2.05) is 24.4 Å². The Labute approximate surface area is 186 Å². The molecule has 8 heteroatoms. The normalized spacial score (nSPS) is 10.7. The molecule has 0 radical (unpaired) electrons. The van der Waals surface area contributed by atoms with Crippen molar-refractivity contribution in [3.8, 4) is 11.5 Å². The van der Waals surface area contributed by atoms with E-state index in [1.165, 1.54) is 17.6 Å². The summed E-state index contributed by atoms with van der Waals surface area (Å²) in [6.45, 7) is 2.24. The lowest BCUT2D eigenvalue weighted by Crippen LogP contribution is -2.19. The number of carbonyl (C=O) groups excluding carboxylic acids is 2. The third kappa shape index (κ3) is 6.27. The summed E-state index contributed by atoms with van der Waals surface area (Å²) in [7, 11) is 0. The van der Waals surface area contributed by atoms with Gasteiger partial charge in [0, 0.05) is 9.35 Å². The molecule has 0 aliphatic carbocycles. The summed E-state index contributed by atoms with van der Waals surface area (Å²) < 4.78 is 12.0. The Morgan fingerprint density at radius 3 is 2.63 bits per heavy atom. The van der Waals surface area contributed by atoms with Crippen LogP contribution in [0, 0.1) is 0 Å². The quantitative estimate of drug-likeness (QED) is 0.214. The topological polar surface area (TPSA) is 77.0 Å². The smallest absolute Gasteiger partial charge is 0.343 e. The number of benzene rings is 2. The van der Waals surface area contributed by atoms with Crippen molar-refractivity contribution in [1.29, 1.82) is 0 Å². The maximum atomic E-state index is 12.4. The third-order valence-corrected chi connectivity index (χ3v) is 5.27. The minimum absolute atomic E-state index is 0.196. The molecular formula is C22H19BrN2O4S. The molecule has 2 aromatic carbocycles. The first-order chi connectivity index (χ1) is 14.5. The first-order valence-electron chi connectivity index (χ1n) is 9.14. The summed E-state index contributed by atoms with van der Waals surface area (Å²) in [5, 5.41) is 5.90. The molecule has 0 unspecified atom stereocenters. The Balaban J connectivity index is 1.65. The van der Waals surface area contributed by atoms with Crippen molar-refractivity contribution in [2.24, 2.45) is 5.10 Å². The van der Waals surface area contributed by atoms with Gasteiger partial charge in [-0.1, -0.05) is 22.0 Å². The number of hydrogen-bond donors (Lipinski definition) is 1. The number of ether oxygens (including phenoxy) is 2. The summed E-state index contributed by atoms with van der Waals surface area (Å²) in [5.41, 5.74) is 3.62. The molecule has 0 atom stereocenters. The average Bonchev–Trinajstić information content (AvgIpc) is 3.23. The van der Waals surface area contributed by atoms with Gasteiger partial charge in [-0.2, -0.15) is 5.10 Å². The van der Waals surface area contributed by atoms with Crippen LogP contribution in [0.4, 0.5) is 0 Å². The molecule has 0 saturated heterocycles. The highest BCUT2D eigenvalue weighted by Gasteiger charge is 2.13. The SMILES string of the molecule is CCOc1cc(/C=N\NC(=O)Cc2cccs2)ccc1OC(=O)c1ccc(Br)cc1. The van der Waals surface area contributed by atoms with Gasteiger partial charge in [0.15, 0.2) is 11.5 Å². The number of nitrogens with one attached hydrogen (secondary N) is 1. The van der Waals surface area contributed by atoms with E-state index in [1.54, 1.807) is 42.5 Å². The second-order valence-electron chi connectivity index (χ2n) is 6.08. The number of esters is 1. The first-order valence-corrected chi connectivity index (χ1v) is 10.8. The van der Waals surface area contributed by atoms with Crippen molar-refractivity contribution in [3.63, 3.8) is 0 Å². The van der Waals surface area contributed by atoms with Crippen molar-refractivity contribution in [1.82, 2.24) is 5.43 Å². The monoisotopic (exact) mass is 486 g/mol. The third-order valence-electron chi connectivity index (χ3n) is 3.87. The van der Waals surface area contributed by atoms with Gasteiger partial charge in [-0.3, -0.25) is 4.79 Å². The van der Waals surface area contributed by atoms with Crippen LogP contribution >= 0.6 is 27.3 Å². The van der Waals surface area contributed by atoms with Gasteiger partial charge in [0.25, 0.3) is 0 Å². The standard InChI is InChI=1S/C22H19BrN2O4S/c1-2-28-20-12-15(14-24-25-21(26)13-18-4-3-11-30-18)5-10-19(20)29-22(27)16-6-8-17(23)9-7-16/h3-12,14H,2,13H2,1H3,(H,25,26)/b24-14-. The van der Waals surface area contributed by atoms with Crippen LogP contribution in [0.5, 0.6) is 11.5 Å². The number of thiophene rings is 1. The lowest BCUT2D eigenvalue weighted by molar-refractivity contribution is -0.120. The predicted molar refractivity (Wildman–Crippen MR) is 120 cm³/mol.